The number of nitrogens with one attached hydrogen (secondary N) is 2. The second-order valence-electron chi connectivity index (χ2n) is 13.4. The van der Waals surface area contributed by atoms with Gasteiger partial charge in [0.1, 0.15) is 55.5 Å². The number of aliphatic carboxylic acids is 1. The van der Waals surface area contributed by atoms with E-state index < -0.39 is 116 Å². The molecule has 0 radical (unpaired) electrons. The lowest BCUT2D eigenvalue weighted by molar-refractivity contribution is -0.328. The van der Waals surface area contributed by atoms with Crippen LogP contribution >= 0.6 is 0 Å². The molecule has 0 aromatic rings. The van der Waals surface area contributed by atoms with E-state index in [9.17, 15) is 60.8 Å². The van der Waals surface area contributed by atoms with Crippen LogP contribution in [0.5, 0.6) is 0 Å². The van der Waals surface area contributed by atoms with Crippen molar-refractivity contribution >= 4 is 38.3 Å². The zero-order chi connectivity index (χ0) is 40.5. The topological polar surface area (TPSA) is 330 Å². The molecular weight excluding hydrogens is 760 g/mol. The van der Waals surface area contributed by atoms with Gasteiger partial charge in [-0.3, -0.25) is 18.7 Å². The fourth-order valence-electron chi connectivity index (χ4n) is 5.96. The molecule has 0 aromatic heterocycles. The third-order valence-electron chi connectivity index (χ3n) is 8.74. The molecule has 2 rings (SSSR count). The quantitative estimate of drug-likeness (QED) is 0.0330. The third-order valence-corrected chi connectivity index (χ3v) is 10.1. The highest BCUT2D eigenvalue weighted by atomic mass is 32.2. The number of aliphatic hydroxyl groups excluding tert-OH is 3. The van der Waals surface area contributed by atoms with Gasteiger partial charge < -0.3 is 58.9 Å². The lowest BCUT2D eigenvalue weighted by atomic mass is 9.72. The number of methoxy groups -OCH3 is 1. The Morgan fingerprint density at radius 1 is 0.830 bits per heavy atom. The minimum Gasteiger partial charge on any atom is -0.479 e. The maximum absolute atomic E-state index is 13.0. The van der Waals surface area contributed by atoms with Crippen molar-refractivity contribution in [3.05, 3.63) is 0 Å². The zero-order valence-corrected chi connectivity index (χ0v) is 31.8. The number of esters is 2. The number of carbonyl (C=O) groups excluding carboxylic acids is 2. The predicted molar refractivity (Wildman–Crippen MR) is 177 cm³/mol. The van der Waals surface area contributed by atoms with Gasteiger partial charge >= 0.3 is 28.2 Å². The average molecular weight is 813 g/mol. The van der Waals surface area contributed by atoms with Crippen LogP contribution in [0.1, 0.15) is 47.5 Å². The molecule has 2 aliphatic rings. The number of rotatable bonds is 21. The predicted octanol–water partition coefficient (Wildman–Crippen LogP) is -2.80. The van der Waals surface area contributed by atoms with Crippen molar-refractivity contribution in [3.8, 4) is 0 Å². The molecular formula is C29H52N2O20S2. The van der Waals surface area contributed by atoms with E-state index in [4.69, 9.17) is 33.2 Å². The second-order valence-corrected chi connectivity index (χ2v) is 16.1. The average Bonchev–Trinajstić information content (AvgIpc) is 3.04. The minimum absolute atomic E-state index is 0.0454. The largest absolute Gasteiger partial charge is 0.479 e. The van der Waals surface area contributed by atoms with Crippen molar-refractivity contribution in [2.24, 2.45) is 10.8 Å². The van der Waals surface area contributed by atoms with E-state index in [0.717, 1.165) is 7.11 Å². The lowest BCUT2D eigenvalue weighted by Gasteiger charge is -2.47. The van der Waals surface area contributed by atoms with Crippen molar-refractivity contribution in [1.82, 2.24) is 10.0 Å². The Bertz CT molecular complexity index is 1450. The van der Waals surface area contributed by atoms with E-state index in [1.165, 1.54) is 0 Å². The Morgan fingerprint density at radius 3 is 1.98 bits per heavy atom. The number of hydrogen-bond acceptors (Lipinski definition) is 18. The van der Waals surface area contributed by atoms with Crippen molar-refractivity contribution in [2.75, 3.05) is 45.8 Å². The summed E-state index contributed by atoms with van der Waals surface area (Å²) in [6, 6.07) is -3.45. The van der Waals surface area contributed by atoms with Gasteiger partial charge in [-0.15, -0.1) is 0 Å². The Morgan fingerprint density at radius 2 is 1.45 bits per heavy atom. The first-order valence-electron chi connectivity index (χ1n) is 16.5. The summed E-state index contributed by atoms with van der Waals surface area (Å²) in [5, 5.41) is 45.3. The van der Waals surface area contributed by atoms with Crippen molar-refractivity contribution in [3.63, 3.8) is 0 Å². The summed E-state index contributed by atoms with van der Waals surface area (Å²) in [6.45, 7) is 8.47. The van der Waals surface area contributed by atoms with Crippen molar-refractivity contribution in [1.29, 1.82) is 0 Å². The number of carboxylic acids is 1. The van der Waals surface area contributed by atoms with Gasteiger partial charge in [-0.25, -0.2) is 4.79 Å². The molecule has 53 heavy (non-hydrogen) atoms. The van der Waals surface area contributed by atoms with Crippen LogP contribution in [0.15, 0.2) is 0 Å². The van der Waals surface area contributed by atoms with Crippen molar-refractivity contribution < 1.29 is 93.9 Å². The van der Waals surface area contributed by atoms with Crippen LogP contribution in [0.3, 0.4) is 0 Å². The molecule has 5 unspecified atom stereocenters. The Balaban J connectivity index is 2.13. The fourth-order valence-corrected chi connectivity index (χ4v) is 7.24. The first kappa shape index (κ1) is 47.0. The Kier molecular flexibility index (Phi) is 17.4. The standard InChI is InChI=1S/C29H52N2O20S2/c1-7-29(5,27(38)48-12-11-46-8-2)14-28(3,4)26(37)47-10-9-30-16-18(32)20(34)25(51-22(16)23(35)36)50-21-15(13-52(39,40)41)49-24(45-6)17(19(21)33)31-53(42,43)44/h15-22,24-25,30-34H,7-14H2,1-6H3,(H,35,36)(H,39,40,41)(H,42,43,44)/t15?,16-,17?,18+,19-,20?,21+,22?,24-,25-,29?/m1/s1. The molecule has 11 atom stereocenters. The molecule has 2 aliphatic heterocycles. The highest BCUT2D eigenvalue weighted by molar-refractivity contribution is 7.85. The van der Waals surface area contributed by atoms with Crippen LogP contribution in [0, 0.1) is 10.8 Å². The molecule has 310 valence electrons. The minimum atomic E-state index is -5.05. The molecule has 22 nitrogen and oxygen atoms in total. The fraction of sp³-hybridized carbons (Fsp3) is 0.897. The van der Waals surface area contributed by atoms with E-state index in [-0.39, 0.29) is 32.8 Å². The summed E-state index contributed by atoms with van der Waals surface area (Å²) in [4.78, 5) is 38.0. The summed E-state index contributed by atoms with van der Waals surface area (Å²) in [7, 11) is -8.96. The molecule has 0 saturated carbocycles. The zero-order valence-electron chi connectivity index (χ0n) is 30.1. The van der Waals surface area contributed by atoms with Crippen molar-refractivity contribution in [2.45, 2.75) is 109 Å². The van der Waals surface area contributed by atoms with E-state index >= 15 is 0 Å². The van der Waals surface area contributed by atoms with E-state index in [0.29, 0.717) is 13.0 Å². The normalized spacial score (nSPS) is 31.0. The van der Waals surface area contributed by atoms with Crippen LogP contribution in [0.25, 0.3) is 0 Å². The van der Waals surface area contributed by atoms with Gasteiger partial charge in [0.15, 0.2) is 18.7 Å². The second kappa shape index (κ2) is 19.6. The van der Waals surface area contributed by atoms with Gasteiger partial charge in [-0.2, -0.15) is 21.6 Å². The van der Waals surface area contributed by atoms with Gasteiger partial charge in [0.25, 0.3) is 10.1 Å². The highest BCUT2D eigenvalue weighted by Gasteiger charge is 2.54. The number of hydrogen-bond donors (Lipinski definition) is 8. The van der Waals surface area contributed by atoms with Crippen LogP contribution in [0.4, 0.5) is 0 Å². The maximum Gasteiger partial charge on any atom is 0.334 e. The Hall–Kier alpha value is -2.17. The van der Waals surface area contributed by atoms with Crippen LogP contribution in [-0.4, -0.2) is 171 Å². The summed E-state index contributed by atoms with van der Waals surface area (Å²) in [5.41, 5.74) is -2.22. The van der Waals surface area contributed by atoms with E-state index in [1.807, 2.05) is 0 Å². The smallest absolute Gasteiger partial charge is 0.334 e. The number of carbonyl (C=O) groups is 3. The third kappa shape index (κ3) is 13.5. The van der Waals surface area contributed by atoms with E-state index in [1.54, 1.807) is 39.3 Å². The molecule has 0 aromatic carbocycles. The van der Waals surface area contributed by atoms with Gasteiger partial charge in [0, 0.05) is 20.3 Å². The molecule has 2 fully saturated rings. The monoisotopic (exact) mass is 812 g/mol. The first-order valence-corrected chi connectivity index (χ1v) is 19.6. The molecule has 2 heterocycles. The number of ether oxygens (including phenoxy) is 7. The summed E-state index contributed by atoms with van der Waals surface area (Å²) in [5.74, 6) is -4.18. The van der Waals surface area contributed by atoms with Gasteiger partial charge in [0.05, 0.1) is 23.5 Å². The SMILES string of the molecule is CCOCCOC(=O)C(C)(CC)CC(C)(C)C(=O)OCCN[C@H]1C(C(=O)O)O[C@@H](O[C@H]2C(CS(=O)(=O)O)O[C@@H](OC)C(NS(=O)(=O)O)[C@H]2O)C(O)[C@H]1O. The van der Waals surface area contributed by atoms with Crippen LogP contribution in [0.2, 0.25) is 0 Å². The van der Waals surface area contributed by atoms with Gasteiger partial charge in [-0.1, -0.05) is 6.92 Å². The lowest BCUT2D eigenvalue weighted by Crippen LogP contribution is -2.69. The van der Waals surface area contributed by atoms with E-state index in [2.05, 4.69) is 5.32 Å². The van der Waals surface area contributed by atoms with Crippen LogP contribution in [-0.2, 0) is 68.0 Å². The molecule has 0 bridgehead atoms. The molecule has 0 spiro atoms. The summed E-state index contributed by atoms with van der Waals surface area (Å²) < 4.78 is 104. The van der Waals surface area contributed by atoms with Crippen LogP contribution < -0.4 is 10.0 Å². The summed E-state index contributed by atoms with van der Waals surface area (Å²) >= 11 is 0. The number of carboxylic acid groups (broad SMARTS) is 1. The molecule has 8 N–H and O–H groups in total. The summed E-state index contributed by atoms with van der Waals surface area (Å²) in [6.07, 6.45) is -15.6. The Labute approximate surface area is 307 Å². The van der Waals surface area contributed by atoms with Gasteiger partial charge in [-0.05, 0) is 40.5 Å². The number of aliphatic hydroxyl groups is 3. The first-order chi connectivity index (χ1) is 24.4. The highest BCUT2D eigenvalue weighted by Crippen LogP contribution is 2.38. The van der Waals surface area contributed by atoms with Gasteiger partial charge in [0.2, 0.25) is 0 Å². The molecule has 24 heteroatoms. The molecule has 0 aliphatic carbocycles. The maximum atomic E-state index is 13.0. The molecule has 0 amide bonds. The molecule has 2 saturated heterocycles.